The van der Waals surface area contributed by atoms with Crippen LogP contribution in [0.2, 0.25) is 0 Å². The lowest BCUT2D eigenvalue weighted by molar-refractivity contribution is 0.103. The van der Waals surface area contributed by atoms with Crippen molar-refractivity contribution >= 4 is 17.1 Å². The normalized spacial score (nSPS) is 10.4. The Morgan fingerprint density at radius 3 is 2.07 bits per heavy atom. The van der Waals surface area contributed by atoms with Gasteiger partial charge < -0.3 is 18.9 Å². The van der Waals surface area contributed by atoms with Gasteiger partial charge in [0.15, 0.2) is 17.3 Å². The number of thiazole rings is 1. The van der Waals surface area contributed by atoms with E-state index in [4.69, 9.17) is 18.9 Å². The van der Waals surface area contributed by atoms with Crippen LogP contribution in [0.4, 0.5) is 0 Å². The molecule has 3 rings (SSSR count). The number of ether oxygens (including phenoxy) is 4. The SMILES string of the molecule is COc1ccc(-c2nccs2)cc1C(=O)c1cc(OC)c(OC)c(OC)c1. The van der Waals surface area contributed by atoms with Gasteiger partial charge in [-0.3, -0.25) is 4.79 Å². The summed E-state index contributed by atoms with van der Waals surface area (Å²) in [5.74, 6) is 1.52. The van der Waals surface area contributed by atoms with E-state index >= 15 is 0 Å². The second-order valence-electron chi connectivity index (χ2n) is 5.50. The van der Waals surface area contributed by atoms with Crippen LogP contribution in [0, 0.1) is 0 Å². The van der Waals surface area contributed by atoms with E-state index in [0.717, 1.165) is 10.6 Å². The standard InChI is InChI=1S/C20H19NO5S/c1-23-15-6-5-12(20-21-7-8-27-20)9-14(15)18(22)13-10-16(24-2)19(26-4)17(11-13)25-3/h5-11H,1-4H3. The lowest BCUT2D eigenvalue weighted by Gasteiger charge is -2.15. The molecule has 0 unspecified atom stereocenters. The van der Waals surface area contributed by atoms with Crippen LogP contribution in [0.25, 0.3) is 10.6 Å². The lowest BCUT2D eigenvalue weighted by atomic mass is 9.99. The van der Waals surface area contributed by atoms with Gasteiger partial charge in [-0.25, -0.2) is 4.98 Å². The van der Waals surface area contributed by atoms with Crippen LogP contribution in [-0.2, 0) is 0 Å². The summed E-state index contributed by atoms with van der Waals surface area (Å²) in [6.07, 6.45) is 1.73. The molecule has 0 saturated carbocycles. The number of rotatable bonds is 7. The topological polar surface area (TPSA) is 66.9 Å². The maximum Gasteiger partial charge on any atom is 0.203 e. The van der Waals surface area contributed by atoms with Crippen molar-refractivity contribution in [1.82, 2.24) is 4.98 Å². The molecule has 6 nitrogen and oxygen atoms in total. The molecule has 7 heteroatoms. The number of carbonyl (C=O) groups is 1. The molecule has 0 atom stereocenters. The monoisotopic (exact) mass is 385 g/mol. The summed E-state index contributed by atoms with van der Waals surface area (Å²) < 4.78 is 21.4. The molecule has 1 aromatic heterocycles. The van der Waals surface area contributed by atoms with E-state index in [2.05, 4.69) is 4.98 Å². The Kier molecular flexibility index (Phi) is 5.61. The fourth-order valence-corrected chi connectivity index (χ4v) is 3.39. The van der Waals surface area contributed by atoms with Crippen LogP contribution in [-0.4, -0.2) is 39.2 Å². The van der Waals surface area contributed by atoms with Gasteiger partial charge in [-0.1, -0.05) is 0 Å². The first kappa shape index (κ1) is 18.7. The second kappa shape index (κ2) is 8.09. The predicted octanol–water partition coefficient (Wildman–Crippen LogP) is 4.08. The Bertz CT molecular complexity index is 928. The Morgan fingerprint density at radius 1 is 0.889 bits per heavy atom. The first-order valence-electron chi connectivity index (χ1n) is 8.05. The predicted molar refractivity (Wildman–Crippen MR) is 104 cm³/mol. The van der Waals surface area contributed by atoms with Crippen LogP contribution in [0.1, 0.15) is 15.9 Å². The number of hydrogen-bond donors (Lipinski definition) is 0. The Morgan fingerprint density at radius 2 is 1.56 bits per heavy atom. The maximum atomic E-state index is 13.2. The van der Waals surface area contributed by atoms with E-state index in [1.165, 1.54) is 39.8 Å². The van der Waals surface area contributed by atoms with E-state index in [1.54, 1.807) is 30.5 Å². The van der Waals surface area contributed by atoms with Crippen molar-refractivity contribution in [3.63, 3.8) is 0 Å². The number of carbonyl (C=O) groups excluding carboxylic acids is 1. The minimum absolute atomic E-state index is 0.218. The molecule has 0 fully saturated rings. The average molecular weight is 385 g/mol. The molecule has 2 aromatic carbocycles. The van der Waals surface area contributed by atoms with Crippen molar-refractivity contribution in [3.8, 4) is 33.6 Å². The molecule has 0 bridgehead atoms. The van der Waals surface area contributed by atoms with Gasteiger partial charge in [-0.15, -0.1) is 11.3 Å². The summed E-state index contributed by atoms with van der Waals surface area (Å²) in [5.41, 5.74) is 1.68. The van der Waals surface area contributed by atoms with Crippen LogP contribution in [0.5, 0.6) is 23.0 Å². The summed E-state index contributed by atoms with van der Waals surface area (Å²) in [5, 5.41) is 2.72. The smallest absolute Gasteiger partial charge is 0.203 e. The quantitative estimate of drug-likeness (QED) is 0.571. The minimum atomic E-state index is -0.218. The van der Waals surface area contributed by atoms with Crippen molar-refractivity contribution in [1.29, 1.82) is 0 Å². The summed E-state index contributed by atoms with van der Waals surface area (Å²) in [6, 6.07) is 8.67. The zero-order valence-corrected chi connectivity index (χ0v) is 16.3. The highest BCUT2D eigenvalue weighted by Gasteiger charge is 2.21. The molecule has 3 aromatic rings. The van der Waals surface area contributed by atoms with Gasteiger partial charge in [0.2, 0.25) is 5.75 Å². The largest absolute Gasteiger partial charge is 0.496 e. The Balaban J connectivity index is 2.11. The Labute approximate surface area is 161 Å². The van der Waals surface area contributed by atoms with Crippen molar-refractivity contribution in [2.24, 2.45) is 0 Å². The molecular weight excluding hydrogens is 366 g/mol. The molecule has 0 saturated heterocycles. The summed E-state index contributed by atoms with van der Waals surface area (Å²) >= 11 is 1.50. The van der Waals surface area contributed by atoms with Gasteiger partial charge in [0.05, 0.1) is 34.0 Å². The number of ketones is 1. The molecule has 27 heavy (non-hydrogen) atoms. The molecule has 0 radical (unpaired) electrons. The molecule has 0 aliphatic rings. The van der Waals surface area contributed by atoms with Crippen molar-refractivity contribution in [2.75, 3.05) is 28.4 Å². The highest BCUT2D eigenvalue weighted by atomic mass is 32.1. The average Bonchev–Trinajstić information content (AvgIpc) is 3.26. The first-order chi connectivity index (χ1) is 13.1. The minimum Gasteiger partial charge on any atom is -0.496 e. The van der Waals surface area contributed by atoms with Gasteiger partial charge in [0.25, 0.3) is 0 Å². The van der Waals surface area contributed by atoms with Gasteiger partial charge in [0, 0.05) is 22.7 Å². The molecule has 1 heterocycles. The molecule has 0 aliphatic heterocycles. The molecule has 140 valence electrons. The zero-order chi connectivity index (χ0) is 19.4. The molecule has 0 spiro atoms. The van der Waals surface area contributed by atoms with E-state index in [0.29, 0.717) is 34.1 Å². The maximum absolute atomic E-state index is 13.2. The zero-order valence-electron chi connectivity index (χ0n) is 15.4. The highest BCUT2D eigenvalue weighted by Crippen LogP contribution is 2.39. The lowest BCUT2D eigenvalue weighted by Crippen LogP contribution is -2.06. The molecule has 0 aliphatic carbocycles. The van der Waals surface area contributed by atoms with Crippen LogP contribution in [0.3, 0.4) is 0 Å². The molecular formula is C20H19NO5S. The number of hydrogen-bond acceptors (Lipinski definition) is 7. The van der Waals surface area contributed by atoms with Crippen LogP contribution < -0.4 is 18.9 Å². The number of aromatic nitrogens is 1. The first-order valence-corrected chi connectivity index (χ1v) is 8.93. The highest BCUT2D eigenvalue weighted by molar-refractivity contribution is 7.13. The molecule has 0 amide bonds. The summed E-state index contributed by atoms with van der Waals surface area (Å²) in [6.45, 7) is 0. The van der Waals surface area contributed by atoms with E-state index in [-0.39, 0.29) is 5.78 Å². The van der Waals surface area contributed by atoms with Crippen molar-refractivity contribution in [2.45, 2.75) is 0 Å². The van der Waals surface area contributed by atoms with Crippen LogP contribution in [0.15, 0.2) is 41.9 Å². The number of nitrogens with zero attached hydrogens (tertiary/aromatic N) is 1. The molecule has 0 N–H and O–H groups in total. The number of benzene rings is 2. The van der Waals surface area contributed by atoms with E-state index in [9.17, 15) is 4.79 Å². The summed E-state index contributed by atoms with van der Waals surface area (Å²) in [4.78, 5) is 17.5. The third kappa shape index (κ3) is 3.59. The fraction of sp³-hybridized carbons (Fsp3) is 0.200. The van der Waals surface area contributed by atoms with Gasteiger partial charge in [0.1, 0.15) is 10.8 Å². The van der Waals surface area contributed by atoms with E-state index in [1.807, 2.05) is 11.4 Å². The summed E-state index contributed by atoms with van der Waals surface area (Å²) in [7, 11) is 6.07. The van der Waals surface area contributed by atoms with Crippen LogP contribution >= 0.6 is 11.3 Å². The fourth-order valence-electron chi connectivity index (χ4n) is 2.75. The van der Waals surface area contributed by atoms with Gasteiger partial charge in [-0.2, -0.15) is 0 Å². The van der Waals surface area contributed by atoms with Crippen molar-refractivity contribution < 1.29 is 23.7 Å². The van der Waals surface area contributed by atoms with E-state index < -0.39 is 0 Å². The second-order valence-corrected chi connectivity index (χ2v) is 6.39. The third-order valence-electron chi connectivity index (χ3n) is 4.05. The Hall–Kier alpha value is -3.06. The van der Waals surface area contributed by atoms with Gasteiger partial charge >= 0.3 is 0 Å². The van der Waals surface area contributed by atoms with Crippen molar-refractivity contribution in [3.05, 3.63) is 53.0 Å². The number of methoxy groups -OCH3 is 4. The van der Waals surface area contributed by atoms with Gasteiger partial charge in [-0.05, 0) is 30.3 Å². The third-order valence-corrected chi connectivity index (χ3v) is 4.87.